The van der Waals surface area contributed by atoms with Crippen molar-refractivity contribution in [3.05, 3.63) is 0 Å². The molecule has 0 bridgehead atoms. The number of carbonyl (C=O) groups is 1. The number of nitrogens with zero attached hydrogens (tertiary/aromatic N) is 1. The van der Waals surface area contributed by atoms with Crippen molar-refractivity contribution >= 4 is 5.91 Å². The Morgan fingerprint density at radius 3 is 2.82 bits per heavy atom. The first-order chi connectivity index (χ1) is 8.08. The first-order valence-electron chi connectivity index (χ1n) is 6.88. The fourth-order valence-electron chi connectivity index (χ4n) is 2.96. The zero-order valence-corrected chi connectivity index (χ0v) is 11.0. The van der Waals surface area contributed by atoms with E-state index < -0.39 is 0 Å². The summed E-state index contributed by atoms with van der Waals surface area (Å²) in [5.41, 5.74) is 5.86. The number of nitrogens with two attached hydrogens (primary N) is 1. The van der Waals surface area contributed by atoms with E-state index in [0.29, 0.717) is 12.1 Å². The lowest BCUT2D eigenvalue weighted by molar-refractivity contribution is -0.124. The minimum absolute atomic E-state index is 0.0245. The van der Waals surface area contributed by atoms with Gasteiger partial charge in [0.05, 0.1) is 6.04 Å². The lowest BCUT2D eigenvalue weighted by atomic mass is 9.96. The number of amides is 1. The fourth-order valence-corrected chi connectivity index (χ4v) is 2.96. The first kappa shape index (κ1) is 12.8. The Hall–Kier alpha value is -0.610. The smallest absolute Gasteiger partial charge is 0.237 e. The fraction of sp³-hybridized carbons (Fsp3) is 0.923. The Bertz CT molecular complexity index is 280. The van der Waals surface area contributed by atoms with Gasteiger partial charge in [0.15, 0.2) is 0 Å². The normalized spacial score (nSPS) is 31.3. The summed E-state index contributed by atoms with van der Waals surface area (Å²) < 4.78 is 0. The zero-order valence-electron chi connectivity index (χ0n) is 11.0. The third kappa shape index (κ3) is 2.99. The molecule has 2 fully saturated rings. The van der Waals surface area contributed by atoms with Crippen molar-refractivity contribution in [2.24, 2.45) is 11.7 Å². The molecule has 0 aromatic carbocycles. The van der Waals surface area contributed by atoms with E-state index in [1.165, 1.54) is 19.4 Å². The van der Waals surface area contributed by atoms with Crippen molar-refractivity contribution in [2.45, 2.75) is 57.7 Å². The second kappa shape index (κ2) is 5.36. The van der Waals surface area contributed by atoms with E-state index in [1.807, 2.05) is 13.8 Å². The van der Waals surface area contributed by atoms with Gasteiger partial charge in [-0.3, -0.25) is 4.79 Å². The summed E-state index contributed by atoms with van der Waals surface area (Å²) in [6.07, 6.45) is 4.79. The van der Waals surface area contributed by atoms with Crippen LogP contribution in [0.4, 0.5) is 0 Å². The Morgan fingerprint density at radius 2 is 2.12 bits per heavy atom. The number of fused-ring (bicyclic) bond motifs is 1. The maximum atomic E-state index is 11.9. The molecule has 2 unspecified atom stereocenters. The predicted molar refractivity (Wildman–Crippen MR) is 68.6 cm³/mol. The van der Waals surface area contributed by atoms with E-state index in [2.05, 4.69) is 10.2 Å². The van der Waals surface area contributed by atoms with Gasteiger partial charge in [-0.25, -0.2) is 0 Å². The Balaban J connectivity index is 1.82. The molecular formula is C13H25N3O. The number of carbonyl (C=O) groups excluding carboxylic acids is 1. The molecular weight excluding hydrogens is 214 g/mol. The molecule has 0 radical (unpaired) electrons. The van der Waals surface area contributed by atoms with Crippen molar-refractivity contribution in [3.63, 3.8) is 0 Å². The van der Waals surface area contributed by atoms with Crippen molar-refractivity contribution < 1.29 is 4.79 Å². The van der Waals surface area contributed by atoms with E-state index in [9.17, 15) is 4.79 Å². The minimum atomic E-state index is -0.364. The Kier molecular flexibility index (Phi) is 4.05. The number of nitrogens with one attached hydrogen (secondary N) is 1. The van der Waals surface area contributed by atoms with Gasteiger partial charge in [-0.1, -0.05) is 13.8 Å². The minimum Gasteiger partial charge on any atom is -0.352 e. The maximum absolute atomic E-state index is 11.9. The quantitative estimate of drug-likeness (QED) is 0.762. The standard InChI is InChI=1S/C13H25N3O/c1-9(2)12(14)13(17)15-10-5-7-16-6-3-4-11(16)8-10/h9-12H,3-8,14H2,1-2H3,(H,15,17)/t10?,11?,12-/m0/s1. The van der Waals surface area contributed by atoms with Gasteiger partial charge < -0.3 is 16.0 Å². The second-order valence-electron chi connectivity index (χ2n) is 5.83. The summed E-state index contributed by atoms with van der Waals surface area (Å²) >= 11 is 0. The average Bonchev–Trinajstić information content (AvgIpc) is 2.74. The maximum Gasteiger partial charge on any atom is 0.237 e. The van der Waals surface area contributed by atoms with Gasteiger partial charge in [-0.2, -0.15) is 0 Å². The van der Waals surface area contributed by atoms with Crippen LogP contribution in [0.3, 0.4) is 0 Å². The Morgan fingerprint density at radius 1 is 1.35 bits per heavy atom. The van der Waals surface area contributed by atoms with E-state index in [0.717, 1.165) is 19.4 Å². The molecule has 4 nitrogen and oxygen atoms in total. The molecule has 4 heteroatoms. The van der Waals surface area contributed by atoms with Crippen LogP contribution < -0.4 is 11.1 Å². The van der Waals surface area contributed by atoms with Crippen molar-refractivity contribution in [3.8, 4) is 0 Å². The average molecular weight is 239 g/mol. The van der Waals surface area contributed by atoms with E-state index >= 15 is 0 Å². The molecule has 2 heterocycles. The molecule has 0 aromatic rings. The SMILES string of the molecule is CC(C)[C@H](N)C(=O)NC1CCN2CCCC2C1. The highest BCUT2D eigenvalue weighted by Crippen LogP contribution is 2.26. The van der Waals surface area contributed by atoms with E-state index in [4.69, 9.17) is 5.73 Å². The van der Waals surface area contributed by atoms with Crippen molar-refractivity contribution in [1.29, 1.82) is 0 Å². The molecule has 2 rings (SSSR count). The number of rotatable bonds is 3. The van der Waals surface area contributed by atoms with Gasteiger partial charge in [0, 0.05) is 18.6 Å². The molecule has 0 spiro atoms. The van der Waals surface area contributed by atoms with Crippen LogP contribution >= 0.6 is 0 Å². The van der Waals surface area contributed by atoms with Crippen LogP contribution in [0.15, 0.2) is 0 Å². The molecule has 0 aliphatic carbocycles. The lowest BCUT2D eigenvalue weighted by Gasteiger charge is -2.35. The van der Waals surface area contributed by atoms with Crippen LogP contribution in [0.5, 0.6) is 0 Å². The van der Waals surface area contributed by atoms with Gasteiger partial charge >= 0.3 is 0 Å². The molecule has 17 heavy (non-hydrogen) atoms. The highest BCUT2D eigenvalue weighted by atomic mass is 16.2. The summed E-state index contributed by atoms with van der Waals surface area (Å²) in [6, 6.07) is 0.674. The zero-order chi connectivity index (χ0) is 12.4. The van der Waals surface area contributed by atoms with Gasteiger partial charge in [-0.15, -0.1) is 0 Å². The van der Waals surface area contributed by atoms with Gasteiger partial charge in [0.2, 0.25) is 5.91 Å². The van der Waals surface area contributed by atoms with Crippen molar-refractivity contribution in [1.82, 2.24) is 10.2 Å². The lowest BCUT2D eigenvalue weighted by Crippen LogP contribution is -2.52. The highest BCUT2D eigenvalue weighted by molar-refractivity contribution is 5.82. The van der Waals surface area contributed by atoms with Gasteiger partial charge in [0.25, 0.3) is 0 Å². The van der Waals surface area contributed by atoms with Gasteiger partial charge in [-0.05, 0) is 38.1 Å². The number of hydrogen-bond donors (Lipinski definition) is 2. The summed E-state index contributed by atoms with van der Waals surface area (Å²) in [7, 11) is 0. The monoisotopic (exact) mass is 239 g/mol. The third-order valence-electron chi connectivity index (χ3n) is 4.19. The largest absolute Gasteiger partial charge is 0.352 e. The second-order valence-corrected chi connectivity index (χ2v) is 5.83. The van der Waals surface area contributed by atoms with Crippen LogP contribution in [0.2, 0.25) is 0 Å². The molecule has 3 N–H and O–H groups in total. The number of piperidine rings is 1. The topological polar surface area (TPSA) is 58.4 Å². The van der Waals surface area contributed by atoms with E-state index in [-0.39, 0.29) is 17.9 Å². The van der Waals surface area contributed by atoms with Crippen LogP contribution in [0.1, 0.15) is 39.5 Å². The summed E-state index contributed by atoms with van der Waals surface area (Å²) in [5, 5.41) is 3.12. The van der Waals surface area contributed by atoms with E-state index in [1.54, 1.807) is 0 Å². The summed E-state index contributed by atoms with van der Waals surface area (Å²) in [6.45, 7) is 6.36. The molecule has 2 aliphatic rings. The van der Waals surface area contributed by atoms with Crippen LogP contribution in [0, 0.1) is 5.92 Å². The van der Waals surface area contributed by atoms with Crippen LogP contribution in [-0.2, 0) is 4.79 Å². The summed E-state index contributed by atoms with van der Waals surface area (Å²) in [4.78, 5) is 14.5. The molecule has 1 amide bonds. The molecule has 3 atom stereocenters. The van der Waals surface area contributed by atoms with Gasteiger partial charge in [0.1, 0.15) is 0 Å². The van der Waals surface area contributed by atoms with Crippen LogP contribution in [-0.4, -0.2) is 42.0 Å². The molecule has 98 valence electrons. The molecule has 0 aromatic heterocycles. The molecule has 2 saturated heterocycles. The van der Waals surface area contributed by atoms with Crippen LogP contribution in [0.25, 0.3) is 0 Å². The molecule has 2 aliphatic heterocycles. The predicted octanol–water partition coefficient (Wildman–Crippen LogP) is 0.713. The highest BCUT2D eigenvalue weighted by Gasteiger charge is 2.32. The first-order valence-corrected chi connectivity index (χ1v) is 6.88. The third-order valence-corrected chi connectivity index (χ3v) is 4.19. The summed E-state index contributed by atoms with van der Waals surface area (Å²) in [5.74, 6) is 0.234. The van der Waals surface area contributed by atoms with Crippen molar-refractivity contribution in [2.75, 3.05) is 13.1 Å². The number of hydrogen-bond acceptors (Lipinski definition) is 3. The molecule has 0 saturated carbocycles. The Labute approximate surface area is 104 Å².